The normalized spacial score (nSPS) is 12.3. The van der Waals surface area contributed by atoms with Crippen LogP contribution in [-0.2, 0) is 16.6 Å². The molecule has 7 nitrogen and oxygen atoms in total. The number of hydrogen-bond acceptors (Lipinski definition) is 5. The van der Waals surface area contributed by atoms with Crippen molar-refractivity contribution in [3.63, 3.8) is 0 Å². The van der Waals surface area contributed by atoms with Gasteiger partial charge in [-0.1, -0.05) is 44.5 Å². The van der Waals surface area contributed by atoms with E-state index >= 15 is 0 Å². The summed E-state index contributed by atoms with van der Waals surface area (Å²) in [7, 11) is -0.785. The third kappa shape index (κ3) is 7.53. The van der Waals surface area contributed by atoms with Crippen molar-refractivity contribution in [3.05, 3.63) is 52.5 Å². The zero-order chi connectivity index (χ0) is 25.9. The highest BCUT2D eigenvalue weighted by Crippen LogP contribution is 2.39. The number of sulfonamides is 1. The third-order valence-corrected chi connectivity index (χ3v) is 6.51. The molecule has 0 atom stereocenters. The molecule has 188 valence electrons. The first kappa shape index (κ1) is 27.8. The summed E-state index contributed by atoms with van der Waals surface area (Å²) < 4.78 is 37.2. The molecule has 0 spiro atoms. The number of hydrogen-bond donors (Lipinski definition) is 1. The molecule has 0 aliphatic rings. The second-order valence-corrected chi connectivity index (χ2v) is 12.5. The van der Waals surface area contributed by atoms with Crippen LogP contribution < -0.4 is 19.1 Å². The van der Waals surface area contributed by atoms with Gasteiger partial charge in [-0.15, -0.1) is 0 Å². The Morgan fingerprint density at radius 3 is 2.03 bits per heavy atom. The predicted molar refractivity (Wildman–Crippen MR) is 138 cm³/mol. The van der Waals surface area contributed by atoms with Gasteiger partial charge >= 0.3 is 0 Å². The van der Waals surface area contributed by atoms with Gasteiger partial charge in [0.2, 0.25) is 10.0 Å². The number of amides is 1. The lowest BCUT2D eigenvalue weighted by atomic mass is 9.81. The van der Waals surface area contributed by atoms with Gasteiger partial charge in [-0.2, -0.15) is 0 Å². The first-order valence-corrected chi connectivity index (χ1v) is 13.1. The maximum Gasteiger partial charge on any atom is 0.251 e. The van der Waals surface area contributed by atoms with Gasteiger partial charge in [-0.3, -0.25) is 9.10 Å². The molecule has 0 saturated carbocycles. The van der Waals surface area contributed by atoms with Gasteiger partial charge < -0.3 is 14.8 Å². The van der Waals surface area contributed by atoms with Crippen LogP contribution in [0.5, 0.6) is 11.5 Å². The van der Waals surface area contributed by atoms with Crippen molar-refractivity contribution in [3.8, 4) is 11.5 Å². The van der Waals surface area contributed by atoms with E-state index in [9.17, 15) is 13.2 Å². The van der Waals surface area contributed by atoms with Crippen LogP contribution in [0.2, 0.25) is 5.02 Å². The van der Waals surface area contributed by atoms with Gasteiger partial charge in [-0.25, -0.2) is 8.42 Å². The summed E-state index contributed by atoms with van der Waals surface area (Å²) in [6.07, 6.45) is 1.94. The highest BCUT2D eigenvalue weighted by atomic mass is 35.5. The Kier molecular flexibility index (Phi) is 8.53. The fraction of sp³-hybridized carbons (Fsp3) is 0.480. The Bertz CT molecular complexity index is 1120. The van der Waals surface area contributed by atoms with Crippen LogP contribution in [-0.4, -0.2) is 40.3 Å². The summed E-state index contributed by atoms with van der Waals surface area (Å²) in [5.74, 6) is 0.453. The SMILES string of the molecule is COc1cc(N(Cc2ccc(C(=O)NC(C)(C)CC(C)(C)C)cc2)S(C)(=O)=O)c(OC)cc1Cl. The molecule has 9 heteroatoms. The van der Waals surface area contributed by atoms with Crippen LogP contribution in [0.1, 0.15) is 57.0 Å². The molecule has 2 rings (SSSR count). The number of methoxy groups -OCH3 is 2. The highest BCUT2D eigenvalue weighted by molar-refractivity contribution is 7.92. The van der Waals surface area contributed by atoms with E-state index in [1.165, 1.54) is 30.7 Å². The summed E-state index contributed by atoms with van der Waals surface area (Å²) in [4.78, 5) is 12.8. The minimum atomic E-state index is -3.68. The molecule has 2 aromatic rings. The van der Waals surface area contributed by atoms with Gasteiger partial charge in [-0.05, 0) is 43.4 Å². The standard InChI is InChI=1S/C25H35ClN2O5S/c1-24(2,3)16-25(4,5)27-23(29)18-11-9-17(10-12-18)15-28(34(8,30)31)20-14-21(32-6)19(26)13-22(20)33-7/h9-14H,15-16H2,1-8H3,(H,27,29). The molecule has 1 N–H and O–H groups in total. The Labute approximate surface area is 208 Å². The maximum absolute atomic E-state index is 12.8. The number of ether oxygens (including phenoxy) is 2. The van der Waals surface area contributed by atoms with Crippen LogP contribution in [0.3, 0.4) is 0 Å². The van der Waals surface area contributed by atoms with Crippen LogP contribution in [0.15, 0.2) is 36.4 Å². The molecule has 0 saturated heterocycles. The number of rotatable bonds is 9. The lowest BCUT2D eigenvalue weighted by Gasteiger charge is -2.33. The molecule has 0 bridgehead atoms. The molecule has 0 aromatic heterocycles. The van der Waals surface area contributed by atoms with E-state index in [1.54, 1.807) is 24.3 Å². The second-order valence-electron chi connectivity index (χ2n) is 10.2. The molecule has 0 radical (unpaired) electrons. The quantitative estimate of drug-likeness (QED) is 0.497. The molecule has 1 amide bonds. The fourth-order valence-electron chi connectivity index (χ4n) is 4.10. The van der Waals surface area contributed by atoms with Crippen molar-refractivity contribution in [1.82, 2.24) is 5.32 Å². The highest BCUT2D eigenvalue weighted by Gasteiger charge is 2.28. The summed E-state index contributed by atoms with van der Waals surface area (Å²) in [6, 6.07) is 9.91. The number of carbonyl (C=O) groups is 1. The first-order valence-electron chi connectivity index (χ1n) is 10.9. The topological polar surface area (TPSA) is 84.9 Å². The van der Waals surface area contributed by atoms with Crippen molar-refractivity contribution >= 4 is 33.2 Å². The van der Waals surface area contributed by atoms with Crippen molar-refractivity contribution in [2.24, 2.45) is 5.41 Å². The van der Waals surface area contributed by atoms with E-state index in [-0.39, 0.29) is 23.4 Å². The molecule has 0 aliphatic carbocycles. The van der Waals surface area contributed by atoms with Gasteiger partial charge in [0.05, 0.1) is 37.7 Å². The molecule has 34 heavy (non-hydrogen) atoms. The number of benzene rings is 2. The van der Waals surface area contributed by atoms with Crippen LogP contribution >= 0.6 is 11.6 Å². The van der Waals surface area contributed by atoms with Crippen LogP contribution in [0, 0.1) is 5.41 Å². The van der Waals surface area contributed by atoms with E-state index in [1.807, 2.05) is 13.8 Å². The van der Waals surface area contributed by atoms with Crippen molar-refractivity contribution < 1.29 is 22.7 Å². The Morgan fingerprint density at radius 1 is 1.00 bits per heavy atom. The van der Waals surface area contributed by atoms with E-state index < -0.39 is 10.0 Å². The maximum atomic E-state index is 12.8. The predicted octanol–water partition coefficient (Wildman–Crippen LogP) is 5.27. The Hall–Kier alpha value is -2.45. The molecule has 0 unspecified atom stereocenters. The average molecular weight is 511 g/mol. The van der Waals surface area contributed by atoms with Gasteiger partial charge in [0.25, 0.3) is 5.91 Å². The van der Waals surface area contributed by atoms with Gasteiger partial charge in [0, 0.05) is 23.2 Å². The largest absolute Gasteiger partial charge is 0.495 e. The minimum absolute atomic E-state index is 0.0391. The van der Waals surface area contributed by atoms with Crippen molar-refractivity contribution in [2.45, 2.75) is 53.1 Å². The number of nitrogens with zero attached hydrogens (tertiary/aromatic N) is 1. The monoisotopic (exact) mass is 510 g/mol. The Balaban J connectivity index is 2.31. The van der Waals surface area contributed by atoms with E-state index in [0.29, 0.717) is 33.3 Å². The summed E-state index contributed by atoms with van der Waals surface area (Å²) >= 11 is 6.18. The molecular weight excluding hydrogens is 476 g/mol. The van der Waals surface area contributed by atoms with Gasteiger partial charge in [0.15, 0.2) is 0 Å². The summed E-state index contributed by atoms with van der Waals surface area (Å²) in [5, 5.41) is 3.39. The Morgan fingerprint density at radius 2 is 1.56 bits per heavy atom. The lowest BCUT2D eigenvalue weighted by molar-refractivity contribution is 0.0891. The molecule has 0 aliphatic heterocycles. The third-order valence-electron chi connectivity index (χ3n) is 5.09. The zero-order valence-corrected chi connectivity index (χ0v) is 22.7. The summed E-state index contributed by atoms with van der Waals surface area (Å²) in [5.41, 5.74) is 1.21. The van der Waals surface area contributed by atoms with E-state index in [4.69, 9.17) is 21.1 Å². The van der Waals surface area contributed by atoms with Crippen LogP contribution in [0.25, 0.3) is 0 Å². The van der Waals surface area contributed by atoms with Crippen molar-refractivity contribution in [1.29, 1.82) is 0 Å². The number of halogens is 1. The first-order chi connectivity index (χ1) is 15.6. The van der Waals surface area contributed by atoms with Crippen molar-refractivity contribution in [2.75, 3.05) is 24.8 Å². The average Bonchev–Trinajstić information content (AvgIpc) is 2.69. The molecular formula is C25H35ClN2O5S. The lowest BCUT2D eigenvalue weighted by Crippen LogP contribution is -2.45. The number of anilines is 1. The van der Waals surface area contributed by atoms with Crippen LogP contribution in [0.4, 0.5) is 5.69 Å². The van der Waals surface area contributed by atoms with E-state index in [0.717, 1.165) is 12.7 Å². The molecule has 0 fully saturated rings. The zero-order valence-electron chi connectivity index (χ0n) is 21.2. The molecule has 2 aromatic carbocycles. The smallest absolute Gasteiger partial charge is 0.251 e. The van der Waals surface area contributed by atoms with E-state index in [2.05, 4.69) is 26.1 Å². The fourth-order valence-corrected chi connectivity index (χ4v) is 5.21. The number of nitrogens with one attached hydrogen (secondary N) is 1. The van der Waals surface area contributed by atoms with Gasteiger partial charge in [0.1, 0.15) is 11.5 Å². The molecule has 0 heterocycles. The summed E-state index contributed by atoms with van der Waals surface area (Å²) in [6.45, 7) is 10.4. The number of carbonyl (C=O) groups excluding carboxylic acids is 1. The second kappa shape index (κ2) is 10.4. The minimum Gasteiger partial charge on any atom is -0.495 e.